The number of aromatic hydroxyl groups is 1. The number of nitrogens with two attached hydrogens (primary N) is 2. The van der Waals surface area contributed by atoms with Gasteiger partial charge < -0.3 is 30.8 Å². The van der Waals surface area contributed by atoms with Gasteiger partial charge in [0.25, 0.3) is 0 Å². The standard InChI is InChI=1S/C14H10ClNO3.C13H11NO2.C3H3Cl3O3/c15-14(18)19-12-7-5-10(6-8-12)9-1-3-11(4-2-9)13(16)17;14-13(16)11-3-1-9(2-4-11)10-5-7-12(15)8-6-10;1-8-2(7)9-3(4,5)6/h1-8H,(H2,16,17);1-8,15H,(H2,14,16);1H3. The molecule has 0 aliphatic heterocycles. The zero-order valence-corrected chi connectivity index (χ0v) is 25.7. The van der Waals surface area contributed by atoms with E-state index < -0.39 is 27.4 Å². The van der Waals surface area contributed by atoms with Crippen molar-refractivity contribution in [1.82, 2.24) is 0 Å². The first kappa shape index (κ1) is 35.7. The van der Waals surface area contributed by atoms with Gasteiger partial charge in [-0.05, 0) is 106 Å². The maximum absolute atomic E-state index is 11.0. The summed E-state index contributed by atoms with van der Waals surface area (Å²) in [7, 11) is 1.11. The second-order valence-electron chi connectivity index (χ2n) is 8.30. The Labute approximate surface area is 271 Å². The summed E-state index contributed by atoms with van der Waals surface area (Å²) in [4.78, 5) is 42.5. The molecule has 0 unspecified atom stereocenters. The van der Waals surface area contributed by atoms with Crippen molar-refractivity contribution in [1.29, 1.82) is 0 Å². The molecule has 0 atom stereocenters. The fourth-order valence-corrected chi connectivity index (χ4v) is 3.53. The van der Waals surface area contributed by atoms with Gasteiger partial charge in [0.05, 0.1) is 7.11 Å². The van der Waals surface area contributed by atoms with Crippen LogP contribution in [0.5, 0.6) is 11.5 Å². The molecule has 44 heavy (non-hydrogen) atoms. The molecule has 0 saturated heterocycles. The molecule has 4 aromatic carbocycles. The molecular weight excluding hydrogens is 658 g/mol. The lowest BCUT2D eigenvalue weighted by Gasteiger charge is -2.09. The fourth-order valence-electron chi connectivity index (χ4n) is 3.25. The normalized spacial score (nSPS) is 10.1. The number of alkyl halides is 3. The first-order valence-electron chi connectivity index (χ1n) is 12.1. The lowest BCUT2D eigenvalue weighted by atomic mass is 10.0. The maximum atomic E-state index is 11.0. The highest BCUT2D eigenvalue weighted by atomic mass is 35.6. The number of phenols is 1. The number of benzene rings is 4. The van der Waals surface area contributed by atoms with Crippen molar-refractivity contribution in [3.63, 3.8) is 0 Å². The first-order valence-corrected chi connectivity index (χ1v) is 13.6. The van der Waals surface area contributed by atoms with Crippen LogP contribution in [0.15, 0.2) is 97.1 Å². The predicted molar refractivity (Wildman–Crippen MR) is 168 cm³/mol. The third-order valence-electron chi connectivity index (χ3n) is 5.29. The summed E-state index contributed by atoms with van der Waals surface area (Å²) in [6.45, 7) is 0. The van der Waals surface area contributed by atoms with Crippen molar-refractivity contribution in [3.05, 3.63) is 108 Å². The van der Waals surface area contributed by atoms with Gasteiger partial charge in [0.15, 0.2) is 0 Å². The van der Waals surface area contributed by atoms with Crippen molar-refractivity contribution in [2.24, 2.45) is 11.5 Å². The van der Waals surface area contributed by atoms with E-state index in [4.69, 9.17) is 67.7 Å². The highest BCUT2D eigenvalue weighted by Gasteiger charge is 2.25. The zero-order valence-electron chi connectivity index (χ0n) is 22.7. The van der Waals surface area contributed by atoms with Gasteiger partial charge in [-0.15, -0.1) is 0 Å². The molecule has 2 amide bonds. The molecule has 0 aliphatic carbocycles. The third kappa shape index (κ3) is 12.8. The number of rotatable bonds is 5. The lowest BCUT2D eigenvalue weighted by Crippen LogP contribution is -2.15. The number of carbonyl (C=O) groups is 4. The van der Waals surface area contributed by atoms with Crippen LogP contribution >= 0.6 is 46.4 Å². The average molecular weight is 682 g/mol. The molecule has 4 aromatic rings. The second-order valence-corrected chi connectivity index (χ2v) is 10.8. The fraction of sp³-hybridized carbons (Fsp3) is 0.0667. The number of ether oxygens (including phenoxy) is 3. The molecule has 0 spiro atoms. The van der Waals surface area contributed by atoms with E-state index >= 15 is 0 Å². The summed E-state index contributed by atoms with van der Waals surface area (Å²) in [5.74, 6) is -0.289. The molecule has 0 fully saturated rings. The summed E-state index contributed by atoms with van der Waals surface area (Å²) < 4.78 is 10.7. The topological polar surface area (TPSA) is 168 Å². The van der Waals surface area contributed by atoms with Crippen LogP contribution in [0.2, 0.25) is 0 Å². The molecule has 14 heteroatoms. The number of methoxy groups -OCH3 is 1. The summed E-state index contributed by atoms with van der Waals surface area (Å²) in [6.07, 6.45) is -1.03. The van der Waals surface area contributed by atoms with E-state index in [0.717, 1.165) is 29.4 Å². The Morgan fingerprint density at radius 1 is 0.636 bits per heavy atom. The molecule has 5 N–H and O–H groups in total. The quantitative estimate of drug-likeness (QED) is 0.111. The van der Waals surface area contributed by atoms with E-state index in [1.807, 2.05) is 24.3 Å². The van der Waals surface area contributed by atoms with E-state index in [0.29, 0.717) is 16.9 Å². The molecule has 0 bridgehead atoms. The van der Waals surface area contributed by atoms with E-state index in [-0.39, 0.29) is 5.75 Å². The van der Waals surface area contributed by atoms with E-state index in [1.54, 1.807) is 72.8 Å². The van der Waals surface area contributed by atoms with Gasteiger partial charge in [-0.1, -0.05) is 48.5 Å². The van der Waals surface area contributed by atoms with Gasteiger partial charge in [0, 0.05) is 22.7 Å². The van der Waals surface area contributed by atoms with Crippen LogP contribution in [-0.2, 0) is 9.47 Å². The second kappa shape index (κ2) is 17.0. The van der Waals surface area contributed by atoms with Crippen molar-refractivity contribution in [2.75, 3.05) is 7.11 Å². The van der Waals surface area contributed by atoms with Crippen LogP contribution in [0.4, 0.5) is 9.59 Å². The molecule has 0 heterocycles. The smallest absolute Gasteiger partial charge is 0.508 e. The minimum Gasteiger partial charge on any atom is -0.508 e. The lowest BCUT2D eigenvalue weighted by molar-refractivity contribution is 0.0704. The van der Waals surface area contributed by atoms with Crippen LogP contribution in [0.1, 0.15) is 20.7 Å². The Kier molecular flexibility index (Phi) is 13.8. The predicted octanol–water partition coefficient (Wildman–Crippen LogP) is 7.45. The largest absolute Gasteiger partial charge is 0.511 e. The van der Waals surface area contributed by atoms with Crippen LogP contribution in [-0.4, -0.2) is 39.6 Å². The van der Waals surface area contributed by atoms with Gasteiger partial charge in [0.2, 0.25) is 11.8 Å². The number of carbonyl (C=O) groups excluding carboxylic acids is 4. The van der Waals surface area contributed by atoms with Crippen LogP contribution < -0.4 is 16.2 Å². The summed E-state index contributed by atoms with van der Waals surface area (Å²) in [6, 6.07) is 27.6. The van der Waals surface area contributed by atoms with Gasteiger partial charge in [-0.3, -0.25) is 9.59 Å². The highest BCUT2D eigenvalue weighted by molar-refractivity contribution is 6.66. The van der Waals surface area contributed by atoms with Crippen LogP contribution in [0.25, 0.3) is 22.3 Å². The Bertz CT molecular complexity index is 1560. The third-order valence-corrected chi connectivity index (χ3v) is 5.60. The Morgan fingerprint density at radius 2 is 0.977 bits per heavy atom. The minimum absolute atomic E-state index is 0.234. The molecule has 230 valence electrons. The number of hydrogen-bond acceptors (Lipinski definition) is 8. The van der Waals surface area contributed by atoms with E-state index in [9.17, 15) is 19.2 Å². The summed E-state index contributed by atoms with van der Waals surface area (Å²) >= 11 is 20.2. The first-order chi connectivity index (χ1) is 20.7. The molecule has 0 aliphatic rings. The molecule has 0 aromatic heterocycles. The Hall–Kier alpha value is -4.48. The molecule has 0 radical (unpaired) electrons. The number of primary amides is 2. The van der Waals surface area contributed by atoms with Crippen LogP contribution in [0, 0.1) is 0 Å². The van der Waals surface area contributed by atoms with Crippen molar-refractivity contribution < 1.29 is 38.5 Å². The minimum atomic E-state index is -2.03. The van der Waals surface area contributed by atoms with Crippen LogP contribution in [0.3, 0.4) is 0 Å². The number of amides is 2. The zero-order chi connectivity index (χ0) is 32.9. The SMILES string of the molecule is COC(=O)OC(Cl)(Cl)Cl.NC(=O)c1ccc(-c2ccc(O)cc2)cc1.NC(=O)c1ccc(-c2ccc(OC(=O)Cl)cc2)cc1. The van der Waals surface area contributed by atoms with E-state index in [2.05, 4.69) is 9.47 Å². The molecular formula is C30H24Cl4N2O8. The Balaban J connectivity index is 0.000000245. The molecule has 4 rings (SSSR count). The monoisotopic (exact) mass is 680 g/mol. The van der Waals surface area contributed by atoms with Gasteiger partial charge in [0.1, 0.15) is 11.5 Å². The number of halogens is 4. The van der Waals surface area contributed by atoms with Crippen molar-refractivity contribution in [2.45, 2.75) is 3.98 Å². The molecule has 0 saturated carbocycles. The van der Waals surface area contributed by atoms with Gasteiger partial charge in [-0.2, -0.15) is 0 Å². The summed E-state index contributed by atoms with van der Waals surface area (Å²) in [5.41, 5.74) is 14.2. The Morgan fingerprint density at radius 3 is 1.25 bits per heavy atom. The highest BCUT2D eigenvalue weighted by Crippen LogP contribution is 2.27. The maximum Gasteiger partial charge on any atom is 0.511 e. The average Bonchev–Trinajstić information content (AvgIpc) is 2.97. The van der Waals surface area contributed by atoms with Crippen molar-refractivity contribution in [3.8, 4) is 33.8 Å². The van der Waals surface area contributed by atoms with E-state index in [1.165, 1.54) is 0 Å². The number of phenolic OH excluding ortho intramolecular Hbond substituents is 1. The van der Waals surface area contributed by atoms with Gasteiger partial charge >= 0.3 is 15.6 Å². The molecule has 10 nitrogen and oxygen atoms in total. The van der Waals surface area contributed by atoms with Gasteiger partial charge in [-0.25, -0.2) is 9.59 Å². The number of hydrogen-bond donors (Lipinski definition) is 3. The summed E-state index contributed by atoms with van der Waals surface area (Å²) in [5, 5.41) is 9.16. The van der Waals surface area contributed by atoms with Crippen molar-refractivity contribution >= 4 is 69.8 Å².